The van der Waals surface area contributed by atoms with Gasteiger partial charge in [-0.15, -0.1) is 0 Å². The van der Waals surface area contributed by atoms with Crippen molar-refractivity contribution < 1.29 is 4.39 Å². The van der Waals surface area contributed by atoms with Gasteiger partial charge < -0.3 is 5.73 Å². The summed E-state index contributed by atoms with van der Waals surface area (Å²) in [7, 11) is 0. The monoisotopic (exact) mass is 283 g/mol. The van der Waals surface area contributed by atoms with Crippen LogP contribution in [0.1, 0.15) is 17.2 Å². The first-order valence-corrected chi connectivity index (χ1v) is 6.28. The van der Waals surface area contributed by atoms with Gasteiger partial charge in [0.1, 0.15) is 5.82 Å². The topological polar surface area (TPSA) is 26.0 Å². The summed E-state index contributed by atoms with van der Waals surface area (Å²) in [4.78, 5) is 0. The van der Waals surface area contributed by atoms with Crippen LogP contribution >= 0.6 is 23.2 Å². The summed E-state index contributed by atoms with van der Waals surface area (Å²) in [6.45, 7) is 0. The van der Waals surface area contributed by atoms with Gasteiger partial charge in [-0.25, -0.2) is 4.39 Å². The number of benzene rings is 2. The van der Waals surface area contributed by atoms with Crippen LogP contribution in [0, 0.1) is 5.82 Å². The fourth-order valence-corrected chi connectivity index (χ4v) is 2.38. The van der Waals surface area contributed by atoms with Crippen molar-refractivity contribution in [2.45, 2.75) is 12.5 Å². The SMILES string of the molecule is NC(Cc1c(Cl)cccc1Cl)c1ccccc1F. The Balaban J connectivity index is 2.27. The molecule has 0 amide bonds. The Kier molecular flexibility index (Phi) is 4.23. The van der Waals surface area contributed by atoms with Gasteiger partial charge in [-0.2, -0.15) is 0 Å². The van der Waals surface area contributed by atoms with Crippen molar-refractivity contribution in [1.82, 2.24) is 0 Å². The molecule has 0 aliphatic rings. The molecule has 1 unspecified atom stereocenters. The number of rotatable bonds is 3. The van der Waals surface area contributed by atoms with Crippen molar-refractivity contribution in [3.63, 3.8) is 0 Å². The smallest absolute Gasteiger partial charge is 0.127 e. The molecule has 2 aromatic carbocycles. The van der Waals surface area contributed by atoms with Gasteiger partial charge in [0, 0.05) is 21.7 Å². The van der Waals surface area contributed by atoms with Gasteiger partial charge in [0.05, 0.1) is 0 Å². The lowest BCUT2D eigenvalue weighted by Crippen LogP contribution is -2.15. The van der Waals surface area contributed by atoms with Crippen LogP contribution in [0.25, 0.3) is 0 Å². The van der Waals surface area contributed by atoms with E-state index >= 15 is 0 Å². The van der Waals surface area contributed by atoms with Crippen LogP contribution in [0.5, 0.6) is 0 Å². The molecule has 0 bridgehead atoms. The highest BCUT2D eigenvalue weighted by atomic mass is 35.5. The highest BCUT2D eigenvalue weighted by molar-refractivity contribution is 6.36. The molecule has 18 heavy (non-hydrogen) atoms. The number of hydrogen-bond acceptors (Lipinski definition) is 1. The Hall–Kier alpha value is -1.09. The van der Waals surface area contributed by atoms with E-state index in [1.54, 1.807) is 36.4 Å². The van der Waals surface area contributed by atoms with Crippen LogP contribution in [0.15, 0.2) is 42.5 Å². The Bertz CT molecular complexity index is 537. The maximum Gasteiger partial charge on any atom is 0.127 e. The minimum atomic E-state index is -0.469. The third kappa shape index (κ3) is 2.83. The first kappa shape index (κ1) is 13.3. The average molecular weight is 284 g/mol. The van der Waals surface area contributed by atoms with Crippen LogP contribution < -0.4 is 5.73 Å². The summed E-state index contributed by atoms with van der Waals surface area (Å²) in [6, 6.07) is 11.2. The van der Waals surface area contributed by atoms with E-state index in [-0.39, 0.29) is 5.82 Å². The Morgan fingerprint density at radius 3 is 2.22 bits per heavy atom. The van der Waals surface area contributed by atoms with Crippen LogP contribution in [0.2, 0.25) is 10.0 Å². The molecule has 2 aromatic rings. The third-order valence-corrected chi connectivity index (χ3v) is 3.50. The van der Waals surface area contributed by atoms with Crippen molar-refractivity contribution in [2.75, 3.05) is 0 Å². The maximum atomic E-state index is 13.6. The second-order valence-electron chi connectivity index (χ2n) is 4.03. The molecule has 4 heteroatoms. The van der Waals surface area contributed by atoms with Gasteiger partial charge in [0.2, 0.25) is 0 Å². The minimum absolute atomic E-state index is 0.312. The molecule has 0 saturated heterocycles. The molecule has 0 heterocycles. The van der Waals surface area contributed by atoms with Crippen LogP contribution in [-0.2, 0) is 6.42 Å². The normalized spacial score (nSPS) is 12.4. The van der Waals surface area contributed by atoms with Gasteiger partial charge in [0.15, 0.2) is 0 Å². The summed E-state index contributed by atoms with van der Waals surface area (Å²) >= 11 is 12.1. The van der Waals surface area contributed by atoms with Crippen molar-refractivity contribution in [2.24, 2.45) is 5.73 Å². The zero-order valence-corrected chi connectivity index (χ0v) is 11.0. The molecule has 0 aliphatic carbocycles. The summed E-state index contributed by atoms with van der Waals surface area (Å²) in [6.07, 6.45) is 0.402. The maximum absolute atomic E-state index is 13.6. The molecule has 2 N–H and O–H groups in total. The molecule has 0 spiro atoms. The lowest BCUT2D eigenvalue weighted by molar-refractivity contribution is 0.580. The summed E-state index contributed by atoms with van der Waals surface area (Å²) in [5.41, 5.74) is 7.22. The molecule has 94 valence electrons. The second kappa shape index (κ2) is 5.70. The van der Waals surface area contributed by atoms with Gasteiger partial charge in [-0.1, -0.05) is 47.5 Å². The highest BCUT2D eigenvalue weighted by Gasteiger charge is 2.15. The Morgan fingerprint density at radius 2 is 1.61 bits per heavy atom. The molecule has 0 radical (unpaired) electrons. The lowest BCUT2D eigenvalue weighted by Gasteiger charge is -2.15. The molecule has 0 aliphatic heterocycles. The van der Waals surface area contributed by atoms with Crippen LogP contribution in [-0.4, -0.2) is 0 Å². The van der Waals surface area contributed by atoms with E-state index in [9.17, 15) is 4.39 Å². The fraction of sp³-hybridized carbons (Fsp3) is 0.143. The molecule has 1 nitrogen and oxygen atoms in total. The minimum Gasteiger partial charge on any atom is -0.324 e. The van der Waals surface area contributed by atoms with E-state index in [0.29, 0.717) is 22.0 Å². The van der Waals surface area contributed by atoms with Gasteiger partial charge in [-0.3, -0.25) is 0 Å². The largest absolute Gasteiger partial charge is 0.324 e. The first-order chi connectivity index (χ1) is 8.59. The molecular formula is C14H12Cl2FN. The van der Waals surface area contributed by atoms with Crippen LogP contribution in [0.4, 0.5) is 4.39 Å². The van der Waals surface area contributed by atoms with E-state index in [4.69, 9.17) is 28.9 Å². The molecule has 0 fully saturated rings. The second-order valence-corrected chi connectivity index (χ2v) is 4.85. The quantitative estimate of drug-likeness (QED) is 0.889. The summed E-state index contributed by atoms with van der Waals surface area (Å²) in [5.74, 6) is -0.312. The standard InChI is InChI=1S/C14H12Cl2FN/c15-11-5-3-6-12(16)10(11)8-14(18)9-4-1-2-7-13(9)17/h1-7,14H,8,18H2. The van der Waals surface area contributed by atoms with Gasteiger partial charge in [-0.05, 0) is 30.2 Å². The first-order valence-electron chi connectivity index (χ1n) is 5.52. The predicted molar refractivity (Wildman–Crippen MR) is 73.5 cm³/mol. The molecule has 0 saturated carbocycles. The van der Waals surface area contributed by atoms with E-state index in [0.717, 1.165) is 5.56 Å². The van der Waals surface area contributed by atoms with Crippen molar-refractivity contribution in [1.29, 1.82) is 0 Å². The number of hydrogen-bond donors (Lipinski definition) is 1. The van der Waals surface area contributed by atoms with Crippen LogP contribution in [0.3, 0.4) is 0 Å². The number of halogens is 3. The average Bonchev–Trinajstić information content (AvgIpc) is 2.34. The zero-order chi connectivity index (χ0) is 13.1. The lowest BCUT2D eigenvalue weighted by atomic mass is 9.99. The highest BCUT2D eigenvalue weighted by Crippen LogP contribution is 2.29. The Labute approximate surface area is 115 Å². The van der Waals surface area contributed by atoms with E-state index in [1.807, 2.05) is 0 Å². The van der Waals surface area contributed by atoms with E-state index in [2.05, 4.69) is 0 Å². The number of nitrogens with two attached hydrogens (primary N) is 1. The summed E-state index contributed by atoms with van der Waals surface area (Å²) < 4.78 is 13.6. The fourth-order valence-electron chi connectivity index (χ4n) is 1.83. The van der Waals surface area contributed by atoms with Crippen molar-refractivity contribution in [3.05, 3.63) is 69.5 Å². The molecule has 2 rings (SSSR count). The summed E-state index contributed by atoms with van der Waals surface area (Å²) in [5, 5.41) is 1.10. The van der Waals surface area contributed by atoms with E-state index < -0.39 is 6.04 Å². The molecule has 0 aromatic heterocycles. The van der Waals surface area contributed by atoms with Gasteiger partial charge in [0.25, 0.3) is 0 Å². The van der Waals surface area contributed by atoms with Crippen molar-refractivity contribution >= 4 is 23.2 Å². The molecule has 1 atom stereocenters. The zero-order valence-electron chi connectivity index (χ0n) is 9.54. The third-order valence-electron chi connectivity index (χ3n) is 2.79. The van der Waals surface area contributed by atoms with E-state index in [1.165, 1.54) is 6.07 Å². The van der Waals surface area contributed by atoms with Crippen molar-refractivity contribution in [3.8, 4) is 0 Å². The Morgan fingerprint density at radius 1 is 1.00 bits per heavy atom. The van der Waals surface area contributed by atoms with Gasteiger partial charge >= 0.3 is 0 Å². The predicted octanol–water partition coefficient (Wildman–Crippen LogP) is 4.38. The molecular weight excluding hydrogens is 272 g/mol.